The molecule has 0 aliphatic rings. The second-order valence-electron chi connectivity index (χ2n) is 8.11. The van der Waals surface area contributed by atoms with Gasteiger partial charge in [-0.1, -0.05) is 50.3 Å². The number of amides is 1. The summed E-state index contributed by atoms with van der Waals surface area (Å²) in [6.45, 7) is 6.10. The van der Waals surface area contributed by atoms with Crippen LogP contribution in [0.5, 0.6) is 5.75 Å². The molecular formula is C22H25FN4O3. The van der Waals surface area contributed by atoms with Crippen molar-refractivity contribution in [3.63, 3.8) is 0 Å². The van der Waals surface area contributed by atoms with Crippen molar-refractivity contribution in [3.8, 4) is 5.75 Å². The molecule has 0 saturated heterocycles. The topological polar surface area (TPSA) is 86.1 Å². The minimum atomic E-state index is -0.453. The number of rotatable bonds is 7. The van der Waals surface area contributed by atoms with Gasteiger partial charge in [0.25, 0.3) is 5.56 Å². The molecule has 3 rings (SSSR count). The molecule has 1 heterocycles. The summed E-state index contributed by atoms with van der Waals surface area (Å²) in [4.78, 5) is 25.0. The SMILES string of the molecule is CC(C)(C)C(COc1ccccc1F)NC(=O)CCn1nnc2ccccc2c1=O. The Bertz CT molecular complexity index is 1090. The quantitative estimate of drug-likeness (QED) is 0.645. The number of ether oxygens (including phenoxy) is 1. The van der Waals surface area contributed by atoms with Gasteiger partial charge in [0.15, 0.2) is 11.6 Å². The molecule has 0 saturated carbocycles. The van der Waals surface area contributed by atoms with Crippen LogP contribution in [0.15, 0.2) is 53.3 Å². The first-order chi connectivity index (χ1) is 14.3. The maximum Gasteiger partial charge on any atom is 0.277 e. The molecule has 0 fully saturated rings. The van der Waals surface area contributed by atoms with Gasteiger partial charge in [-0.3, -0.25) is 9.59 Å². The second kappa shape index (κ2) is 9.02. The maximum absolute atomic E-state index is 13.8. The smallest absolute Gasteiger partial charge is 0.277 e. The number of aromatic nitrogens is 3. The lowest BCUT2D eigenvalue weighted by molar-refractivity contribution is -0.123. The average molecular weight is 412 g/mol. The molecule has 7 nitrogen and oxygen atoms in total. The summed E-state index contributed by atoms with van der Waals surface area (Å²) >= 11 is 0. The average Bonchev–Trinajstić information content (AvgIpc) is 2.71. The second-order valence-corrected chi connectivity index (χ2v) is 8.11. The Morgan fingerprint density at radius 2 is 1.87 bits per heavy atom. The van der Waals surface area contributed by atoms with Crippen molar-refractivity contribution < 1.29 is 13.9 Å². The minimum absolute atomic E-state index is 0.0548. The van der Waals surface area contributed by atoms with Crippen LogP contribution in [0.3, 0.4) is 0 Å². The van der Waals surface area contributed by atoms with Crippen LogP contribution in [0.25, 0.3) is 10.9 Å². The lowest BCUT2D eigenvalue weighted by Crippen LogP contribution is -2.47. The fraction of sp³-hybridized carbons (Fsp3) is 0.364. The molecular weight excluding hydrogens is 387 g/mol. The third-order valence-corrected chi connectivity index (χ3v) is 4.80. The summed E-state index contributed by atoms with van der Waals surface area (Å²) in [5, 5.41) is 11.3. The van der Waals surface area contributed by atoms with Crippen molar-refractivity contribution >= 4 is 16.8 Å². The van der Waals surface area contributed by atoms with Gasteiger partial charge >= 0.3 is 0 Å². The van der Waals surface area contributed by atoms with E-state index in [1.807, 2.05) is 20.8 Å². The zero-order chi connectivity index (χ0) is 21.7. The zero-order valence-corrected chi connectivity index (χ0v) is 17.3. The number of aryl methyl sites for hydroxylation is 1. The molecule has 30 heavy (non-hydrogen) atoms. The van der Waals surface area contributed by atoms with E-state index in [1.165, 1.54) is 10.7 Å². The van der Waals surface area contributed by atoms with Gasteiger partial charge in [0.05, 0.1) is 18.0 Å². The first-order valence-corrected chi connectivity index (χ1v) is 9.75. The number of carbonyl (C=O) groups excluding carboxylic acids is 1. The number of carbonyl (C=O) groups is 1. The molecule has 1 N–H and O–H groups in total. The summed E-state index contributed by atoms with van der Waals surface area (Å²) in [6, 6.07) is 12.7. The Morgan fingerprint density at radius 1 is 1.17 bits per heavy atom. The molecule has 0 radical (unpaired) electrons. The van der Waals surface area contributed by atoms with Crippen LogP contribution in [-0.4, -0.2) is 33.5 Å². The largest absolute Gasteiger partial charge is 0.488 e. The Kier molecular flexibility index (Phi) is 6.44. The van der Waals surface area contributed by atoms with Gasteiger partial charge < -0.3 is 10.1 Å². The molecule has 3 aromatic rings. The van der Waals surface area contributed by atoms with Crippen molar-refractivity contribution in [1.29, 1.82) is 0 Å². The van der Waals surface area contributed by atoms with E-state index in [0.717, 1.165) is 0 Å². The highest BCUT2D eigenvalue weighted by Crippen LogP contribution is 2.22. The van der Waals surface area contributed by atoms with E-state index in [4.69, 9.17) is 4.74 Å². The monoisotopic (exact) mass is 412 g/mol. The van der Waals surface area contributed by atoms with Gasteiger partial charge in [0.1, 0.15) is 12.1 Å². The number of hydrogen-bond acceptors (Lipinski definition) is 5. The highest BCUT2D eigenvalue weighted by Gasteiger charge is 2.27. The van der Waals surface area contributed by atoms with Crippen molar-refractivity contribution in [3.05, 3.63) is 64.7 Å². The number of benzene rings is 2. The standard InChI is InChI=1S/C22H25FN4O3/c1-22(2,3)19(14-30-18-11-7-5-9-16(18)23)24-20(28)12-13-27-21(29)15-8-4-6-10-17(15)25-26-27/h4-11,19H,12-14H2,1-3H3,(H,24,28). The number of fused-ring (bicyclic) bond motifs is 1. The predicted octanol–water partition coefficient (Wildman–Crippen LogP) is 2.93. The Balaban J connectivity index is 1.63. The number of halogens is 1. The van der Waals surface area contributed by atoms with E-state index in [9.17, 15) is 14.0 Å². The van der Waals surface area contributed by atoms with Crippen LogP contribution >= 0.6 is 0 Å². The lowest BCUT2D eigenvalue weighted by atomic mass is 9.87. The number of hydrogen-bond donors (Lipinski definition) is 1. The first kappa shape index (κ1) is 21.4. The highest BCUT2D eigenvalue weighted by molar-refractivity contribution is 5.77. The summed E-state index contributed by atoms with van der Waals surface area (Å²) in [5.74, 6) is -0.571. The summed E-state index contributed by atoms with van der Waals surface area (Å²) in [5.41, 5.74) is -0.0921. The van der Waals surface area contributed by atoms with Crippen LogP contribution in [0.1, 0.15) is 27.2 Å². The van der Waals surface area contributed by atoms with E-state index < -0.39 is 5.82 Å². The van der Waals surface area contributed by atoms with Crippen molar-refractivity contribution in [2.24, 2.45) is 5.41 Å². The summed E-state index contributed by atoms with van der Waals surface area (Å²) in [7, 11) is 0. The summed E-state index contributed by atoms with van der Waals surface area (Å²) < 4.78 is 20.6. The van der Waals surface area contributed by atoms with E-state index in [0.29, 0.717) is 10.9 Å². The van der Waals surface area contributed by atoms with E-state index >= 15 is 0 Å². The third kappa shape index (κ3) is 5.20. The molecule has 1 aromatic heterocycles. The summed E-state index contributed by atoms with van der Waals surface area (Å²) in [6.07, 6.45) is 0.0548. The van der Waals surface area contributed by atoms with Gasteiger partial charge in [-0.15, -0.1) is 5.10 Å². The Hall–Kier alpha value is -3.29. The first-order valence-electron chi connectivity index (χ1n) is 9.75. The molecule has 0 aliphatic carbocycles. The number of para-hydroxylation sites is 1. The fourth-order valence-electron chi connectivity index (χ4n) is 2.89. The van der Waals surface area contributed by atoms with Crippen LogP contribution < -0.4 is 15.6 Å². The molecule has 0 spiro atoms. The van der Waals surface area contributed by atoms with Crippen molar-refractivity contribution in [2.45, 2.75) is 39.8 Å². The fourth-order valence-corrected chi connectivity index (χ4v) is 2.89. The van der Waals surface area contributed by atoms with Gasteiger partial charge in [-0.2, -0.15) is 0 Å². The van der Waals surface area contributed by atoms with Crippen LogP contribution in [0.2, 0.25) is 0 Å². The zero-order valence-electron chi connectivity index (χ0n) is 17.3. The number of nitrogens with zero attached hydrogens (tertiary/aromatic N) is 3. The normalized spacial score (nSPS) is 12.5. The molecule has 0 bridgehead atoms. The molecule has 1 amide bonds. The highest BCUT2D eigenvalue weighted by atomic mass is 19.1. The van der Waals surface area contributed by atoms with Crippen LogP contribution in [0.4, 0.5) is 4.39 Å². The molecule has 2 aromatic carbocycles. The van der Waals surface area contributed by atoms with Gasteiger partial charge in [-0.05, 0) is 29.7 Å². The third-order valence-electron chi connectivity index (χ3n) is 4.80. The maximum atomic E-state index is 13.8. The predicted molar refractivity (Wildman–Crippen MR) is 112 cm³/mol. The molecule has 158 valence electrons. The molecule has 1 atom stereocenters. The van der Waals surface area contributed by atoms with E-state index in [2.05, 4.69) is 15.6 Å². The molecule has 1 unspecified atom stereocenters. The Labute approximate surface area is 173 Å². The van der Waals surface area contributed by atoms with Crippen LogP contribution in [-0.2, 0) is 11.3 Å². The number of nitrogens with one attached hydrogen (secondary N) is 1. The van der Waals surface area contributed by atoms with Gasteiger partial charge in [0, 0.05) is 6.42 Å². The van der Waals surface area contributed by atoms with E-state index in [-0.39, 0.29) is 48.2 Å². The Morgan fingerprint density at radius 3 is 2.60 bits per heavy atom. The van der Waals surface area contributed by atoms with E-state index in [1.54, 1.807) is 42.5 Å². The molecule has 0 aliphatic heterocycles. The lowest BCUT2D eigenvalue weighted by Gasteiger charge is -2.31. The molecule has 8 heteroatoms. The van der Waals surface area contributed by atoms with Crippen LogP contribution in [0, 0.1) is 11.2 Å². The minimum Gasteiger partial charge on any atom is -0.488 e. The van der Waals surface area contributed by atoms with Gasteiger partial charge in [0.2, 0.25) is 5.91 Å². The van der Waals surface area contributed by atoms with Crippen molar-refractivity contribution in [2.75, 3.05) is 6.61 Å². The van der Waals surface area contributed by atoms with Crippen molar-refractivity contribution in [1.82, 2.24) is 20.3 Å². The van der Waals surface area contributed by atoms with Gasteiger partial charge in [-0.25, -0.2) is 9.07 Å².